The van der Waals surface area contributed by atoms with Crippen molar-refractivity contribution in [2.24, 2.45) is 0 Å². The molecule has 0 unspecified atom stereocenters. The summed E-state index contributed by atoms with van der Waals surface area (Å²) in [5.74, 6) is 0.692. The highest BCUT2D eigenvalue weighted by Gasteiger charge is 2.17. The second-order valence-electron chi connectivity index (χ2n) is 3.49. The van der Waals surface area contributed by atoms with Crippen LogP contribution in [-0.4, -0.2) is 36.1 Å². The zero-order valence-corrected chi connectivity index (χ0v) is 9.28. The first-order valence-corrected chi connectivity index (χ1v) is 5.32. The van der Waals surface area contributed by atoms with Gasteiger partial charge in [-0.25, -0.2) is 4.98 Å². The molecule has 0 aromatic carbocycles. The molecule has 0 spiro atoms. The van der Waals surface area contributed by atoms with Gasteiger partial charge in [0.15, 0.2) is 0 Å². The van der Waals surface area contributed by atoms with Crippen molar-refractivity contribution >= 4 is 23.1 Å². The molecule has 1 saturated heterocycles. The van der Waals surface area contributed by atoms with Crippen LogP contribution in [0.5, 0.6) is 0 Å². The maximum atomic E-state index is 10.6. The number of hydrogen-bond acceptors (Lipinski definition) is 5. The number of aromatic nitrogens is 1. The maximum absolute atomic E-state index is 10.6. The number of halogens is 1. The minimum Gasteiger partial charge on any atom is -0.354 e. The summed E-state index contributed by atoms with van der Waals surface area (Å²) in [6, 6.07) is 1.55. The van der Waals surface area contributed by atoms with E-state index in [0.29, 0.717) is 5.82 Å². The van der Waals surface area contributed by atoms with E-state index in [1.165, 1.54) is 6.20 Å². The molecule has 1 aliphatic rings. The minimum absolute atomic E-state index is 0.133. The van der Waals surface area contributed by atoms with E-state index in [1.807, 2.05) is 4.90 Å². The fourth-order valence-electron chi connectivity index (χ4n) is 1.61. The van der Waals surface area contributed by atoms with E-state index in [-0.39, 0.29) is 10.7 Å². The molecule has 0 aliphatic carbocycles. The maximum Gasteiger partial charge on any atom is 0.306 e. The average Bonchev–Trinajstić information content (AvgIpc) is 2.29. The lowest BCUT2D eigenvalue weighted by Gasteiger charge is -2.28. The van der Waals surface area contributed by atoms with Crippen molar-refractivity contribution in [2.45, 2.75) is 0 Å². The lowest BCUT2D eigenvalue weighted by atomic mass is 10.3. The summed E-state index contributed by atoms with van der Waals surface area (Å²) in [4.78, 5) is 16.1. The number of nitro groups is 1. The smallest absolute Gasteiger partial charge is 0.306 e. The van der Waals surface area contributed by atoms with Gasteiger partial charge in [-0.15, -0.1) is 0 Å². The molecule has 2 heterocycles. The van der Waals surface area contributed by atoms with Gasteiger partial charge in [0.2, 0.25) is 0 Å². The Kier molecular flexibility index (Phi) is 3.21. The van der Waals surface area contributed by atoms with Crippen LogP contribution in [0.2, 0.25) is 5.02 Å². The van der Waals surface area contributed by atoms with Crippen LogP contribution < -0.4 is 10.2 Å². The largest absolute Gasteiger partial charge is 0.354 e. The molecular weight excluding hydrogens is 232 g/mol. The second kappa shape index (κ2) is 4.63. The van der Waals surface area contributed by atoms with Gasteiger partial charge in [0.25, 0.3) is 0 Å². The van der Waals surface area contributed by atoms with Crippen molar-refractivity contribution in [3.63, 3.8) is 0 Å². The van der Waals surface area contributed by atoms with E-state index < -0.39 is 4.92 Å². The van der Waals surface area contributed by atoms with Crippen LogP contribution in [0.15, 0.2) is 12.3 Å². The van der Waals surface area contributed by atoms with E-state index in [1.54, 1.807) is 6.07 Å². The first-order valence-electron chi connectivity index (χ1n) is 4.94. The molecule has 0 radical (unpaired) electrons. The molecule has 0 bridgehead atoms. The number of rotatable bonds is 2. The van der Waals surface area contributed by atoms with Gasteiger partial charge >= 0.3 is 5.69 Å². The van der Waals surface area contributed by atoms with Crippen LogP contribution in [0, 0.1) is 10.1 Å². The third-order valence-electron chi connectivity index (χ3n) is 2.46. The Morgan fingerprint density at radius 1 is 1.50 bits per heavy atom. The molecule has 86 valence electrons. The number of hydrogen-bond donors (Lipinski definition) is 1. The Balaban J connectivity index is 2.23. The molecule has 7 heteroatoms. The van der Waals surface area contributed by atoms with Crippen molar-refractivity contribution in [2.75, 3.05) is 31.1 Å². The first-order chi connectivity index (χ1) is 7.68. The monoisotopic (exact) mass is 242 g/mol. The quantitative estimate of drug-likeness (QED) is 0.620. The van der Waals surface area contributed by atoms with Crippen molar-refractivity contribution in [3.8, 4) is 0 Å². The van der Waals surface area contributed by atoms with E-state index in [0.717, 1.165) is 26.2 Å². The van der Waals surface area contributed by atoms with E-state index in [2.05, 4.69) is 10.3 Å². The third-order valence-corrected chi connectivity index (χ3v) is 2.76. The number of anilines is 1. The Labute approximate surface area is 97.4 Å². The van der Waals surface area contributed by atoms with Crippen LogP contribution in [0.1, 0.15) is 0 Å². The summed E-state index contributed by atoms with van der Waals surface area (Å²) < 4.78 is 0. The number of pyridine rings is 1. The molecule has 1 aliphatic heterocycles. The van der Waals surface area contributed by atoms with Crippen LogP contribution in [0.4, 0.5) is 11.5 Å². The lowest BCUT2D eigenvalue weighted by molar-refractivity contribution is -0.385. The predicted octanol–water partition coefficient (Wildman–Crippen LogP) is 1.05. The zero-order chi connectivity index (χ0) is 11.5. The van der Waals surface area contributed by atoms with Gasteiger partial charge in [-0.1, -0.05) is 11.6 Å². The summed E-state index contributed by atoms with van der Waals surface area (Å²) in [7, 11) is 0. The predicted molar refractivity (Wildman–Crippen MR) is 61.0 cm³/mol. The molecule has 1 N–H and O–H groups in total. The van der Waals surface area contributed by atoms with Crippen molar-refractivity contribution in [1.29, 1.82) is 0 Å². The first kappa shape index (κ1) is 11.1. The highest BCUT2D eigenvalue weighted by atomic mass is 35.5. The average molecular weight is 243 g/mol. The number of nitrogens with one attached hydrogen (secondary N) is 1. The molecule has 1 aromatic heterocycles. The summed E-state index contributed by atoms with van der Waals surface area (Å²) in [5, 5.41) is 13.9. The Hall–Kier alpha value is -1.40. The zero-order valence-electron chi connectivity index (χ0n) is 8.52. The normalized spacial score (nSPS) is 16.2. The summed E-state index contributed by atoms with van der Waals surface area (Å²) in [6.07, 6.45) is 1.21. The summed E-state index contributed by atoms with van der Waals surface area (Å²) in [5.41, 5.74) is -0.152. The van der Waals surface area contributed by atoms with Crippen LogP contribution in [0.3, 0.4) is 0 Å². The second-order valence-corrected chi connectivity index (χ2v) is 3.90. The molecule has 1 fully saturated rings. The van der Waals surface area contributed by atoms with Crippen molar-refractivity contribution in [1.82, 2.24) is 10.3 Å². The topological polar surface area (TPSA) is 71.3 Å². The van der Waals surface area contributed by atoms with E-state index in [9.17, 15) is 10.1 Å². The molecule has 0 atom stereocenters. The SMILES string of the molecule is O=[N+]([O-])c1cnc(N2CCNCC2)cc1Cl. The third kappa shape index (κ3) is 2.23. The molecule has 0 amide bonds. The standard InChI is InChI=1S/C9H11ClN4O2/c10-7-5-9(12-6-8(7)14(15)16)13-3-1-11-2-4-13/h5-6,11H,1-4H2. The van der Waals surface area contributed by atoms with Gasteiger partial charge in [0.05, 0.1) is 4.92 Å². The Morgan fingerprint density at radius 2 is 2.19 bits per heavy atom. The molecule has 0 saturated carbocycles. The lowest BCUT2D eigenvalue weighted by Crippen LogP contribution is -2.43. The highest BCUT2D eigenvalue weighted by Crippen LogP contribution is 2.26. The van der Waals surface area contributed by atoms with Gasteiger partial charge < -0.3 is 10.2 Å². The molecule has 6 nitrogen and oxygen atoms in total. The summed E-state index contributed by atoms with van der Waals surface area (Å²) >= 11 is 5.82. The highest BCUT2D eigenvalue weighted by molar-refractivity contribution is 6.32. The van der Waals surface area contributed by atoms with E-state index in [4.69, 9.17) is 11.6 Å². The molecule has 2 rings (SSSR count). The number of nitrogens with zero attached hydrogens (tertiary/aromatic N) is 3. The molecule has 16 heavy (non-hydrogen) atoms. The van der Waals surface area contributed by atoms with Crippen LogP contribution >= 0.6 is 11.6 Å². The molecular formula is C9H11ClN4O2. The van der Waals surface area contributed by atoms with Gasteiger partial charge in [0, 0.05) is 32.2 Å². The van der Waals surface area contributed by atoms with Gasteiger partial charge in [-0.2, -0.15) is 0 Å². The van der Waals surface area contributed by atoms with E-state index >= 15 is 0 Å². The number of piperazine rings is 1. The Morgan fingerprint density at radius 3 is 2.75 bits per heavy atom. The fraction of sp³-hybridized carbons (Fsp3) is 0.444. The van der Waals surface area contributed by atoms with Gasteiger partial charge in [-0.05, 0) is 0 Å². The molecule has 1 aromatic rings. The van der Waals surface area contributed by atoms with Gasteiger partial charge in [-0.3, -0.25) is 10.1 Å². The Bertz CT molecular complexity index is 406. The van der Waals surface area contributed by atoms with Crippen molar-refractivity contribution in [3.05, 3.63) is 27.4 Å². The van der Waals surface area contributed by atoms with Crippen LogP contribution in [0.25, 0.3) is 0 Å². The fourth-order valence-corrected chi connectivity index (χ4v) is 1.83. The summed E-state index contributed by atoms with van der Waals surface area (Å²) in [6.45, 7) is 3.44. The minimum atomic E-state index is -0.531. The van der Waals surface area contributed by atoms with Gasteiger partial charge in [0.1, 0.15) is 17.0 Å². The van der Waals surface area contributed by atoms with Crippen LogP contribution in [-0.2, 0) is 0 Å². The van der Waals surface area contributed by atoms with Crippen molar-refractivity contribution < 1.29 is 4.92 Å².